The van der Waals surface area contributed by atoms with Crippen molar-refractivity contribution in [3.05, 3.63) is 29.8 Å². The van der Waals surface area contributed by atoms with Crippen molar-refractivity contribution in [2.24, 2.45) is 11.1 Å². The van der Waals surface area contributed by atoms with Gasteiger partial charge >= 0.3 is 0 Å². The third kappa shape index (κ3) is 3.07. The quantitative estimate of drug-likeness (QED) is 0.856. The number of ether oxygens (including phenoxy) is 1. The van der Waals surface area contributed by atoms with E-state index in [0.717, 1.165) is 17.7 Å². The number of para-hydroxylation sites is 1. The number of rotatable bonds is 2. The second-order valence-electron chi connectivity index (χ2n) is 6.08. The fraction of sp³-hybridized carbons (Fsp3) is 0.533. The lowest BCUT2D eigenvalue weighted by Crippen LogP contribution is -2.49. The van der Waals surface area contributed by atoms with Crippen LogP contribution in [0, 0.1) is 5.41 Å². The standard InChI is InChI=1S/C15H22N2O2/c1-15(2,3)13(16)14(18)17-11-8-9-19-12-7-5-4-6-10(11)12/h4-7,11,13H,8-9,16H2,1-3H3,(H,17,18). The summed E-state index contributed by atoms with van der Waals surface area (Å²) < 4.78 is 5.58. The molecule has 2 atom stereocenters. The SMILES string of the molecule is CC(C)(C)C(N)C(=O)NC1CCOc2ccccc21. The van der Waals surface area contributed by atoms with Crippen molar-refractivity contribution in [3.63, 3.8) is 0 Å². The molecule has 19 heavy (non-hydrogen) atoms. The molecule has 0 bridgehead atoms. The molecule has 0 aromatic heterocycles. The number of benzene rings is 1. The molecule has 2 rings (SSSR count). The molecular weight excluding hydrogens is 240 g/mol. The van der Waals surface area contributed by atoms with Crippen molar-refractivity contribution in [2.45, 2.75) is 39.3 Å². The molecule has 104 valence electrons. The largest absolute Gasteiger partial charge is 0.493 e. The lowest BCUT2D eigenvalue weighted by molar-refractivity contribution is -0.125. The molecule has 0 spiro atoms. The van der Waals surface area contributed by atoms with Gasteiger partial charge in [-0.2, -0.15) is 0 Å². The first-order valence-electron chi connectivity index (χ1n) is 6.67. The second-order valence-corrected chi connectivity index (χ2v) is 6.08. The smallest absolute Gasteiger partial charge is 0.237 e. The molecule has 3 N–H and O–H groups in total. The monoisotopic (exact) mass is 262 g/mol. The lowest BCUT2D eigenvalue weighted by atomic mass is 9.86. The molecule has 0 saturated carbocycles. The zero-order valence-corrected chi connectivity index (χ0v) is 11.8. The number of fused-ring (bicyclic) bond motifs is 1. The number of nitrogens with one attached hydrogen (secondary N) is 1. The van der Waals surface area contributed by atoms with Crippen LogP contribution in [0.2, 0.25) is 0 Å². The zero-order valence-electron chi connectivity index (χ0n) is 11.8. The van der Waals surface area contributed by atoms with Gasteiger partial charge in [0.05, 0.1) is 18.7 Å². The molecule has 4 nitrogen and oxygen atoms in total. The Morgan fingerprint density at radius 3 is 2.79 bits per heavy atom. The van der Waals surface area contributed by atoms with Crippen LogP contribution in [0.4, 0.5) is 0 Å². The average Bonchev–Trinajstić information content (AvgIpc) is 2.37. The van der Waals surface area contributed by atoms with E-state index in [2.05, 4.69) is 5.32 Å². The number of amides is 1. The van der Waals surface area contributed by atoms with E-state index in [9.17, 15) is 4.79 Å². The minimum atomic E-state index is -0.512. The van der Waals surface area contributed by atoms with E-state index in [-0.39, 0.29) is 17.4 Å². The highest BCUT2D eigenvalue weighted by molar-refractivity contribution is 5.82. The van der Waals surface area contributed by atoms with Gasteiger partial charge in [0.2, 0.25) is 5.91 Å². The van der Waals surface area contributed by atoms with E-state index in [4.69, 9.17) is 10.5 Å². The van der Waals surface area contributed by atoms with Gasteiger partial charge in [0.1, 0.15) is 5.75 Å². The van der Waals surface area contributed by atoms with Gasteiger partial charge in [-0.25, -0.2) is 0 Å². The summed E-state index contributed by atoms with van der Waals surface area (Å²) in [4.78, 5) is 12.2. The lowest BCUT2D eigenvalue weighted by Gasteiger charge is -2.31. The first-order valence-corrected chi connectivity index (χ1v) is 6.67. The van der Waals surface area contributed by atoms with E-state index >= 15 is 0 Å². The van der Waals surface area contributed by atoms with E-state index in [0.29, 0.717) is 6.61 Å². The molecule has 1 aromatic rings. The van der Waals surface area contributed by atoms with Gasteiger partial charge in [-0.3, -0.25) is 4.79 Å². The van der Waals surface area contributed by atoms with Crippen molar-refractivity contribution >= 4 is 5.91 Å². The van der Waals surface area contributed by atoms with Crippen LogP contribution in [0.3, 0.4) is 0 Å². The first kappa shape index (κ1) is 13.9. The third-order valence-corrected chi connectivity index (χ3v) is 3.49. The van der Waals surface area contributed by atoms with Crippen molar-refractivity contribution in [1.82, 2.24) is 5.32 Å². The summed E-state index contributed by atoms with van der Waals surface area (Å²) in [6.07, 6.45) is 0.777. The van der Waals surface area contributed by atoms with Crippen LogP contribution in [-0.2, 0) is 4.79 Å². The molecule has 0 aliphatic carbocycles. The highest BCUT2D eigenvalue weighted by atomic mass is 16.5. The Balaban J connectivity index is 2.11. The highest BCUT2D eigenvalue weighted by Crippen LogP contribution is 2.31. The molecule has 1 aliphatic rings. The maximum absolute atomic E-state index is 12.2. The first-order chi connectivity index (χ1) is 8.89. The second kappa shape index (κ2) is 5.21. The molecule has 1 aliphatic heterocycles. The summed E-state index contributed by atoms with van der Waals surface area (Å²) in [5.74, 6) is 0.748. The van der Waals surface area contributed by atoms with Gasteiger partial charge in [-0.1, -0.05) is 39.0 Å². The molecule has 4 heteroatoms. The Bertz CT molecular complexity index is 465. The van der Waals surface area contributed by atoms with Gasteiger partial charge < -0.3 is 15.8 Å². The van der Waals surface area contributed by atoms with Crippen LogP contribution in [-0.4, -0.2) is 18.6 Å². The van der Waals surface area contributed by atoms with Crippen molar-refractivity contribution in [1.29, 1.82) is 0 Å². The van der Waals surface area contributed by atoms with Crippen LogP contribution in [0.5, 0.6) is 5.75 Å². The topological polar surface area (TPSA) is 64.4 Å². The summed E-state index contributed by atoms with van der Waals surface area (Å²) in [6, 6.07) is 7.29. The molecule has 0 saturated heterocycles. The van der Waals surface area contributed by atoms with Crippen molar-refractivity contribution in [3.8, 4) is 5.75 Å². The fourth-order valence-electron chi connectivity index (χ4n) is 2.15. The number of hydrogen-bond donors (Lipinski definition) is 2. The van der Waals surface area contributed by atoms with Crippen LogP contribution in [0.1, 0.15) is 38.8 Å². The van der Waals surface area contributed by atoms with Crippen molar-refractivity contribution < 1.29 is 9.53 Å². The number of carbonyl (C=O) groups is 1. The van der Waals surface area contributed by atoms with Crippen LogP contribution in [0.25, 0.3) is 0 Å². The van der Waals surface area contributed by atoms with Crippen LogP contribution >= 0.6 is 0 Å². The Morgan fingerprint density at radius 2 is 2.11 bits per heavy atom. The fourth-order valence-corrected chi connectivity index (χ4v) is 2.15. The Kier molecular flexibility index (Phi) is 3.80. The molecular formula is C15H22N2O2. The summed E-state index contributed by atoms with van der Waals surface area (Å²) >= 11 is 0. The Labute approximate surface area is 114 Å². The number of nitrogens with two attached hydrogens (primary N) is 1. The maximum atomic E-state index is 12.2. The summed E-state index contributed by atoms with van der Waals surface area (Å²) in [7, 11) is 0. The van der Waals surface area contributed by atoms with Crippen LogP contribution in [0.15, 0.2) is 24.3 Å². The maximum Gasteiger partial charge on any atom is 0.237 e. The van der Waals surface area contributed by atoms with Gasteiger partial charge in [-0.15, -0.1) is 0 Å². The van der Waals surface area contributed by atoms with Gasteiger partial charge in [0.25, 0.3) is 0 Å². The molecule has 2 unspecified atom stereocenters. The summed E-state index contributed by atoms with van der Waals surface area (Å²) in [6.45, 7) is 6.52. The normalized spacial score (nSPS) is 20.1. The Hall–Kier alpha value is -1.55. The van der Waals surface area contributed by atoms with E-state index in [1.807, 2.05) is 45.0 Å². The summed E-state index contributed by atoms with van der Waals surface area (Å²) in [5, 5.41) is 3.04. The Morgan fingerprint density at radius 1 is 1.42 bits per heavy atom. The van der Waals surface area contributed by atoms with Crippen molar-refractivity contribution in [2.75, 3.05) is 6.61 Å². The average molecular weight is 262 g/mol. The van der Waals surface area contributed by atoms with E-state index in [1.165, 1.54) is 0 Å². The predicted octanol–water partition coefficient (Wildman–Crippen LogP) is 2.00. The third-order valence-electron chi connectivity index (χ3n) is 3.49. The molecule has 0 fully saturated rings. The van der Waals surface area contributed by atoms with Gasteiger partial charge in [0.15, 0.2) is 0 Å². The zero-order chi connectivity index (χ0) is 14.0. The molecule has 1 amide bonds. The minimum absolute atomic E-state index is 0.00847. The van der Waals surface area contributed by atoms with Gasteiger partial charge in [-0.05, 0) is 11.5 Å². The number of carbonyl (C=O) groups excluding carboxylic acids is 1. The molecule has 0 radical (unpaired) electrons. The summed E-state index contributed by atoms with van der Waals surface area (Å²) in [5.41, 5.74) is 6.78. The molecule has 1 heterocycles. The molecule has 1 aromatic carbocycles. The highest BCUT2D eigenvalue weighted by Gasteiger charge is 2.30. The number of hydrogen-bond acceptors (Lipinski definition) is 3. The van der Waals surface area contributed by atoms with Crippen LogP contribution < -0.4 is 15.8 Å². The van der Waals surface area contributed by atoms with E-state index in [1.54, 1.807) is 0 Å². The van der Waals surface area contributed by atoms with E-state index < -0.39 is 6.04 Å². The predicted molar refractivity (Wildman–Crippen MR) is 74.9 cm³/mol. The minimum Gasteiger partial charge on any atom is -0.493 e. The van der Waals surface area contributed by atoms with Gasteiger partial charge in [0, 0.05) is 12.0 Å².